The van der Waals surface area contributed by atoms with E-state index in [1.54, 1.807) is 16.7 Å². The molecule has 0 atom stereocenters. The van der Waals surface area contributed by atoms with Crippen molar-refractivity contribution in [2.45, 2.75) is 37.6 Å². The van der Waals surface area contributed by atoms with Crippen LogP contribution in [-0.2, 0) is 16.8 Å². The monoisotopic (exact) mass is 451 g/mol. The van der Waals surface area contributed by atoms with E-state index < -0.39 is 5.41 Å². The molecule has 174 valence electrons. The van der Waals surface area contributed by atoms with Crippen molar-refractivity contribution >= 4 is 22.7 Å². The summed E-state index contributed by atoms with van der Waals surface area (Å²) in [6.45, 7) is 2.26. The first kappa shape index (κ1) is 21.6. The highest BCUT2D eigenvalue weighted by molar-refractivity contribution is 6.00. The quantitative estimate of drug-likeness (QED) is 0.619. The van der Waals surface area contributed by atoms with Crippen molar-refractivity contribution in [1.29, 1.82) is 0 Å². The third-order valence-electron chi connectivity index (χ3n) is 6.68. The van der Waals surface area contributed by atoms with E-state index in [1.165, 1.54) is 0 Å². The van der Waals surface area contributed by atoms with Crippen LogP contribution < -0.4 is 20.5 Å². The molecule has 2 heterocycles. The number of nitrogens with zero attached hydrogens (tertiary/aromatic N) is 2. The van der Waals surface area contributed by atoms with Gasteiger partial charge >= 0.3 is 5.76 Å². The molecule has 1 saturated carbocycles. The molecule has 0 radical (unpaired) electrons. The molecule has 3 aromatic rings. The zero-order valence-electron chi connectivity index (χ0n) is 19.1. The van der Waals surface area contributed by atoms with Gasteiger partial charge in [-0.3, -0.25) is 9.36 Å². The summed E-state index contributed by atoms with van der Waals surface area (Å²) >= 11 is 0. The highest BCUT2D eigenvalue weighted by atomic mass is 16.6. The van der Waals surface area contributed by atoms with Gasteiger partial charge in [-0.25, -0.2) is 4.79 Å². The molecule has 8 heteroatoms. The standard InChI is InChI=1S/C25H29N3O5/c1-27(2)11-12-28-19-16-18(6-8-20(19)33-24(28)30)26-23(29)25(9-3-4-10-25)17-5-7-21-22(15-17)32-14-13-31-21/h5-8,15-16H,3-4,9-14H2,1-2H3,(H,26,29). The molecule has 0 saturated heterocycles. The first-order chi connectivity index (χ1) is 16.0. The molecule has 33 heavy (non-hydrogen) atoms. The molecule has 8 nitrogen and oxygen atoms in total. The van der Waals surface area contributed by atoms with Gasteiger partial charge in [0.1, 0.15) is 13.2 Å². The topological polar surface area (TPSA) is 85.9 Å². The maximum absolute atomic E-state index is 13.7. The molecule has 1 aliphatic heterocycles. The van der Waals surface area contributed by atoms with Gasteiger partial charge in [-0.05, 0) is 62.8 Å². The van der Waals surface area contributed by atoms with Crippen molar-refractivity contribution in [2.75, 3.05) is 39.2 Å². The van der Waals surface area contributed by atoms with Gasteiger partial charge < -0.3 is 24.1 Å². The molecular formula is C25H29N3O5. The molecule has 0 bridgehead atoms. The van der Waals surface area contributed by atoms with Crippen molar-refractivity contribution in [3.05, 3.63) is 52.5 Å². The summed E-state index contributed by atoms with van der Waals surface area (Å²) in [4.78, 5) is 28.0. The Balaban J connectivity index is 1.45. The van der Waals surface area contributed by atoms with Crippen LogP contribution in [0.2, 0.25) is 0 Å². The highest BCUT2D eigenvalue weighted by Crippen LogP contribution is 2.45. The fourth-order valence-electron chi connectivity index (χ4n) is 4.87. The first-order valence-electron chi connectivity index (χ1n) is 11.5. The average molecular weight is 452 g/mol. The second kappa shape index (κ2) is 8.59. The molecule has 0 spiro atoms. The second-order valence-electron chi connectivity index (χ2n) is 9.11. The minimum atomic E-state index is -0.619. The zero-order chi connectivity index (χ0) is 23.0. The van der Waals surface area contributed by atoms with Crippen molar-refractivity contribution in [3.8, 4) is 11.5 Å². The van der Waals surface area contributed by atoms with Gasteiger partial charge in [0.15, 0.2) is 17.1 Å². The Hall–Kier alpha value is -3.26. The van der Waals surface area contributed by atoms with Crippen LogP contribution in [0.5, 0.6) is 11.5 Å². The lowest BCUT2D eigenvalue weighted by molar-refractivity contribution is -0.121. The van der Waals surface area contributed by atoms with E-state index in [9.17, 15) is 9.59 Å². The number of likely N-dealkylation sites (N-methyl/N-ethyl adjacent to an activating group) is 1. The maximum Gasteiger partial charge on any atom is 0.419 e. The largest absolute Gasteiger partial charge is 0.486 e. The van der Waals surface area contributed by atoms with E-state index in [-0.39, 0.29) is 11.7 Å². The third-order valence-corrected chi connectivity index (χ3v) is 6.68. The molecule has 2 aliphatic rings. The number of hydrogen-bond donors (Lipinski definition) is 1. The number of fused-ring (bicyclic) bond motifs is 2. The van der Waals surface area contributed by atoms with Crippen molar-refractivity contribution < 1.29 is 18.7 Å². The van der Waals surface area contributed by atoms with E-state index in [4.69, 9.17) is 13.9 Å². The van der Waals surface area contributed by atoms with E-state index in [0.717, 1.165) is 37.0 Å². The van der Waals surface area contributed by atoms with Crippen LogP contribution in [0.3, 0.4) is 0 Å². The fraction of sp³-hybridized carbons (Fsp3) is 0.440. The van der Waals surface area contributed by atoms with Gasteiger partial charge in [-0.2, -0.15) is 0 Å². The van der Waals surface area contributed by atoms with Crippen LogP contribution >= 0.6 is 0 Å². The number of ether oxygens (including phenoxy) is 2. The van der Waals surface area contributed by atoms with Crippen LogP contribution in [-0.4, -0.2) is 49.2 Å². The van der Waals surface area contributed by atoms with Crippen LogP contribution in [0.4, 0.5) is 5.69 Å². The molecule has 1 aliphatic carbocycles. The smallest absolute Gasteiger partial charge is 0.419 e. The number of carbonyl (C=O) groups excluding carboxylic acids is 1. The van der Waals surface area contributed by atoms with Crippen LogP contribution in [0.15, 0.2) is 45.6 Å². The lowest BCUT2D eigenvalue weighted by atomic mass is 9.77. The number of rotatable bonds is 6. The Morgan fingerprint density at radius 3 is 2.58 bits per heavy atom. The SMILES string of the molecule is CN(C)CCn1c(=O)oc2ccc(NC(=O)C3(c4ccc5c(c4)OCCO5)CCCC3)cc21. The fourth-order valence-corrected chi connectivity index (χ4v) is 4.87. The van der Waals surface area contributed by atoms with Gasteiger partial charge in [0.05, 0.1) is 10.9 Å². The van der Waals surface area contributed by atoms with E-state index in [0.29, 0.717) is 48.8 Å². The number of carbonyl (C=O) groups is 1. The summed E-state index contributed by atoms with van der Waals surface area (Å²) in [5.41, 5.74) is 2.18. The molecular weight excluding hydrogens is 422 g/mol. The predicted octanol–water partition coefficient (Wildman–Crippen LogP) is 3.38. The van der Waals surface area contributed by atoms with Crippen LogP contribution in [0.25, 0.3) is 11.1 Å². The zero-order valence-corrected chi connectivity index (χ0v) is 19.1. The van der Waals surface area contributed by atoms with Crippen molar-refractivity contribution in [1.82, 2.24) is 9.47 Å². The summed E-state index contributed by atoms with van der Waals surface area (Å²) in [6.07, 6.45) is 3.54. The lowest BCUT2D eigenvalue weighted by Gasteiger charge is -2.30. The Kier molecular flexibility index (Phi) is 5.62. The Bertz CT molecular complexity index is 1240. The summed E-state index contributed by atoms with van der Waals surface area (Å²) < 4.78 is 18.4. The lowest BCUT2D eigenvalue weighted by Crippen LogP contribution is -2.38. The van der Waals surface area contributed by atoms with Crippen molar-refractivity contribution in [2.24, 2.45) is 0 Å². The summed E-state index contributed by atoms with van der Waals surface area (Å²) in [5.74, 6) is 0.989. The second-order valence-corrected chi connectivity index (χ2v) is 9.11. The normalized spacial score (nSPS) is 16.9. The van der Waals surface area contributed by atoms with Gasteiger partial charge in [0, 0.05) is 18.8 Å². The highest BCUT2D eigenvalue weighted by Gasteiger charge is 2.43. The Labute approximate surface area is 192 Å². The molecule has 1 aromatic heterocycles. The van der Waals surface area contributed by atoms with Crippen LogP contribution in [0.1, 0.15) is 31.2 Å². The van der Waals surface area contributed by atoms with Gasteiger partial charge in [0.25, 0.3) is 0 Å². The summed E-state index contributed by atoms with van der Waals surface area (Å²) in [5, 5.41) is 3.12. The molecule has 5 rings (SSSR count). The van der Waals surface area contributed by atoms with Crippen molar-refractivity contribution in [3.63, 3.8) is 0 Å². The Morgan fingerprint density at radius 2 is 1.82 bits per heavy atom. The number of amides is 1. The van der Waals surface area contributed by atoms with Gasteiger partial charge in [0.2, 0.25) is 5.91 Å². The average Bonchev–Trinajstić information content (AvgIpc) is 3.42. The predicted molar refractivity (Wildman–Crippen MR) is 125 cm³/mol. The van der Waals surface area contributed by atoms with E-state index in [2.05, 4.69) is 5.32 Å². The van der Waals surface area contributed by atoms with E-state index >= 15 is 0 Å². The number of aromatic nitrogens is 1. The minimum Gasteiger partial charge on any atom is -0.486 e. The molecule has 2 aromatic carbocycles. The molecule has 1 amide bonds. The summed E-state index contributed by atoms with van der Waals surface area (Å²) in [7, 11) is 3.91. The number of oxazole rings is 1. The summed E-state index contributed by atoms with van der Waals surface area (Å²) in [6, 6.07) is 11.2. The number of nitrogens with one attached hydrogen (secondary N) is 1. The molecule has 1 N–H and O–H groups in total. The van der Waals surface area contributed by atoms with E-state index in [1.807, 2.05) is 43.3 Å². The third kappa shape index (κ3) is 3.99. The molecule has 1 fully saturated rings. The van der Waals surface area contributed by atoms with Gasteiger partial charge in [-0.1, -0.05) is 18.9 Å². The Morgan fingerprint density at radius 1 is 1.06 bits per heavy atom. The van der Waals surface area contributed by atoms with Gasteiger partial charge in [-0.15, -0.1) is 0 Å². The van der Waals surface area contributed by atoms with Crippen LogP contribution in [0, 0.1) is 0 Å². The molecule has 0 unspecified atom stereocenters. The number of anilines is 1. The minimum absolute atomic E-state index is 0.0401. The number of benzene rings is 2. The first-order valence-corrected chi connectivity index (χ1v) is 11.5. The maximum atomic E-state index is 13.7. The number of hydrogen-bond acceptors (Lipinski definition) is 6.